The highest BCUT2D eigenvalue weighted by atomic mass is 19.1. The SMILES string of the molecule is Cc1ccc(-c2cccc(-c3nc4ccccc4c(=O)[nH]3)c2)cc1F. The van der Waals surface area contributed by atoms with E-state index in [2.05, 4.69) is 9.97 Å². The van der Waals surface area contributed by atoms with Gasteiger partial charge in [-0.1, -0.05) is 42.5 Å². The molecule has 0 saturated heterocycles. The van der Waals surface area contributed by atoms with E-state index in [-0.39, 0.29) is 11.4 Å². The Labute approximate surface area is 143 Å². The van der Waals surface area contributed by atoms with Crippen LogP contribution in [0, 0.1) is 12.7 Å². The summed E-state index contributed by atoms with van der Waals surface area (Å²) in [6.07, 6.45) is 0. The number of aromatic nitrogens is 2. The highest BCUT2D eigenvalue weighted by Gasteiger charge is 2.08. The third-order valence-electron chi connectivity index (χ3n) is 4.25. The summed E-state index contributed by atoms with van der Waals surface area (Å²) in [4.78, 5) is 19.6. The van der Waals surface area contributed by atoms with E-state index in [9.17, 15) is 9.18 Å². The van der Waals surface area contributed by atoms with Gasteiger partial charge in [0, 0.05) is 5.56 Å². The molecule has 0 aliphatic carbocycles. The number of rotatable bonds is 2. The fourth-order valence-corrected chi connectivity index (χ4v) is 2.84. The lowest BCUT2D eigenvalue weighted by Gasteiger charge is -2.07. The molecule has 1 heterocycles. The first kappa shape index (κ1) is 15.3. The van der Waals surface area contributed by atoms with E-state index in [0.717, 1.165) is 16.7 Å². The van der Waals surface area contributed by atoms with Gasteiger partial charge in [0.1, 0.15) is 11.6 Å². The highest BCUT2D eigenvalue weighted by Crippen LogP contribution is 2.26. The second-order valence-corrected chi connectivity index (χ2v) is 5.98. The molecule has 0 fully saturated rings. The number of para-hydroxylation sites is 1. The van der Waals surface area contributed by atoms with Crippen molar-refractivity contribution in [2.24, 2.45) is 0 Å². The van der Waals surface area contributed by atoms with E-state index in [1.54, 1.807) is 19.1 Å². The van der Waals surface area contributed by atoms with Crippen molar-refractivity contribution >= 4 is 10.9 Å². The van der Waals surface area contributed by atoms with Gasteiger partial charge in [0.15, 0.2) is 0 Å². The quantitative estimate of drug-likeness (QED) is 0.579. The molecule has 0 aliphatic rings. The van der Waals surface area contributed by atoms with Gasteiger partial charge in [-0.2, -0.15) is 0 Å². The monoisotopic (exact) mass is 330 g/mol. The van der Waals surface area contributed by atoms with Crippen LogP contribution in [-0.4, -0.2) is 9.97 Å². The van der Waals surface area contributed by atoms with E-state index >= 15 is 0 Å². The first-order valence-corrected chi connectivity index (χ1v) is 7.98. The van der Waals surface area contributed by atoms with Crippen LogP contribution in [0.2, 0.25) is 0 Å². The van der Waals surface area contributed by atoms with E-state index < -0.39 is 0 Å². The maximum absolute atomic E-state index is 13.9. The van der Waals surface area contributed by atoms with Crippen LogP contribution >= 0.6 is 0 Å². The van der Waals surface area contributed by atoms with E-state index in [1.165, 1.54) is 6.07 Å². The minimum absolute atomic E-state index is 0.174. The lowest BCUT2D eigenvalue weighted by molar-refractivity contribution is 0.619. The summed E-state index contributed by atoms with van der Waals surface area (Å²) in [7, 11) is 0. The van der Waals surface area contributed by atoms with Gasteiger partial charge in [-0.25, -0.2) is 9.37 Å². The normalized spacial score (nSPS) is 11.0. The first-order chi connectivity index (χ1) is 12.1. The van der Waals surface area contributed by atoms with Gasteiger partial charge in [-0.15, -0.1) is 0 Å². The van der Waals surface area contributed by atoms with Gasteiger partial charge < -0.3 is 4.98 Å². The first-order valence-electron chi connectivity index (χ1n) is 7.98. The van der Waals surface area contributed by atoms with Crippen LogP contribution in [0.25, 0.3) is 33.4 Å². The summed E-state index contributed by atoms with van der Waals surface area (Å²) < 4.78 is 13.9. The molecule has 0 amide bonds. The predicted octanol–water partition coefficient (Wildman–Crippen LogP) is 4.70. The second-order valence-electron chi connectivity index (χ2n) is 5.98. The number of aromatic amines is 1. The van der Waals surface area contributed by atoms with Gasteiger partial charge in [-0.3, -0.25) is 4.79 Å². The van der Waals surface area contributed by atoms with E-state index in [0.29, 0.717) is 22.3 Å². The summed E-state index contributed by atoms with van der Waals surface area (Å²) in [5, 5.41) is 0.558. The molecular weight excluding hydrogens is 315 g/mol. The summed E-state index contributed by atoms with van der Waals surface area (Å²) >= 11 is 0. The molecule has 1 aromatic heterocycles. The lowest BCUT2D eigenvalue weighted by atomic mass is 10.0. The smallest absolute Gasteiger partial charge is 0.259 e. The number of H-pyrrole nitrogens is 1. The number of halogens is 1. The predicted molar refractivity (Wildman–Crippen MR) is 97.9 cm³/mol. The Bertz CT molecular complexity index is 1150. The average molecular weight is 330 g/mol. The molecule has 4 rings (SSSR count). The molecule has 3 nitrogen and oxygen atoms in total. The van der Waals surface area contributed by atoms with Gasteiger partial charge >= 0.3 is 0 Å². The molecule has 4 aromatic rings. The molecule has 0 bridgehead atoms. The molecule has 0 radical (unpaired) electrons. The number of nitrogens with zero attached hydrogens (tertiary/aromatic N) is 1. The van der Waals surface area contributed by atoms with Crippen molar-refractivity contribution < 1.29 is 4.39 Å². The zero-order valence-corrected chi connectivity index (χ0v) is 13.6. The van der Waals surface area contributed by atoms with Gasteiger partial charge in [0.05, 0.1) is 10.9 Å². The Hall–Kier alpha value is -3.27. The van der Waals surface area contributed by atoms with Crippen LogP contribution in [0.3, 0.4) is 0 Å². The topological polar surface area (TPSA) is 45.8 Å². The van der Waals surface area contributed by atoms with Crippen LogP contribution in [0.15, 0.2) is 71.5 Å². The number of nitrogens with one attached hydrogen (secondary N) is 1. The molecule has 122 valence electrons. The fourth-order valence-electron chi connectivity index (χ4n) is 2.84. The Morgan fingerprint density at radius 2 is 1.64 bits per heavy atom. The Kier molecular flexibility index (Phi) is 3.65. The van der Waals surface area contributed by atoms with Crippen LogP contribution in [0.4, 0.5) is 4.39 Å². The summed E-state index contributed by atoms with van der Waals surface area (Å²) in [6, 6.07) is 19.9. The molecule has 4 heteroatoms. The lowest BCUT2D eigenvalue weighted by Crippen LogP contribution is -2.09. The van der Waals surface area contributed by atoms with Crippen molar-refractivity contribution in [1.82, 2.24) is 9.97 Å². The maximum atomic E-state index is 13.9. The van der Waals surface area contributed by atoms with Gasteiger partial charge in [-0.05, 0) is 47.9 Å². The molecule has 25 heavy (non-hydrogen) atoms. The van der Waals surface area contributed by atoms with Gasteiger partial charge in [0.25, 0.3) is 5.56 Å². The molecule has 0 spiro atoms. The minimum Gasteiger partial charge on any atom is -0.306 e. The summed E-state index contributed by atoms with van der Waals surface area (Å²) in [5.74, 6) is 0.262. The molecular formula is C21H15FN2O. The van der Waals surface area contributed by atoms with Crippen LogP contribution in [0.5, 0.6) is 0 Å². The zero-order valence-electron chi connectivity index (χ0n) is 13.6. The Morgan fingerprint density at radius 3 is 2.48 bits per heavy atom. The standard InChI is InChI=1S/C21H15FN2O/c1-13-9-10-15(12-18(13)22)14-5-4-6-16(11-14)20-23-19-8-3-2-7-17(19)21(25)24-20/h2-12H,1H3,(H,23,24,25). The van der Waals surface area contributed by atoms with Crippen LogP contribution in [-0.2, 0) is 0 Å². The molecule has 0 aliphatic heterocycles. The number of benzene rings is 3. The van der Waals surface area contributed by atoms with Crippen molar-refractivity contribution in [3.05, 3.63) is 88.5 Å². The molecule has 0 saturated carbocycles. The molecule has 0 atom stereocenters. The highest BCUT2D eigenvalue weighted by molar-refractivity contribution is 5.80. The maximum Gasteiger partial charge on any atom is 0.259 e. The van der Waals surface area contributed by atoms with Gasteiger partial charge in [0.2, 0.25) is 0 Å². The summed E-state index contributed by atoms with van der Waals surface area (Å²) in [6.45, 7) is 1.74. The number of fused-ring (bicyclic) bond motifs is 1. The fraction of sp³-hybridized carbons (Fsp3) is 0.0476. The minimum atomic E-state index is -0.236. The molecule has 3 aromatic carbocycles. The molecule has 0 unspecified atom stereocenters. The summed E-state index contributed by atoms with van der Waals surface area (Å²) in [5.41, 5.74) is 3.52. The molecule has 1 N–H and O–H groups in total. The third kappa shape index (κ3) is 2.83. The Morgan fingerprint density at radius 1 is 0.880 bits per heavy atom. The number of aryl methyl sites for hydroxylation is 1. The van der Waals surface area contributed by atoms with Crippen molar-refractivity contribution in [2.75, 3.05) is 0 Å². The largest absolute Gasteiger partial charge is 0.306 e. The van der Waals surface area contributed by atoms with Crippen molar-refractivity contribution in [3.8, 4) is 22.5 Å². The third-order valence-corrected chi connectivity index (χ3v) is 4.25. The average Bonchev–Trinajstić information content (AvgIpc) is 2.64. The van der Waals surface area contributed by atoms with E-state index in [4.69, 9.17) is 0 Å². The zero-order chi connectivity index (χ0) is 17.4. The van der Waals surface area contributed by atoms with Crippen LogP contribution in [0.1, 0.15) is 5.56 Å². The van der Waals surface area contributed by atoms with Crippen molar-refractivity contribution in [3.63, 3.8) is 0 Å². The number of hydrogen-bond acceptors (Lipinski definition) is 2. The van der Waals surface area contributed by atoms with Crippen molar-refractivity contribution in [1.29, 1.82) is 0 Å². The van der Waals surface area contributed by atoms with Crippen molar-refractivity contribution in [2.45, 2.75) is 6.92 Å². The van der Waals surface area contributed by atoms with E-state index in [1.807, 2.05) is 48.5 Å². The Balaban J connectivity index is 1.84. The second kappa shape index (κ2) is 5.98. The number of hydrogen-bond donors (Lipinski definition) is 1. The van der Waals surface area contributed by atoms with Crippen LogP contribution < -0.4 is 5.56 Å².